The highest BCUT2D eigenvalue weighted by Crippen LogP contribution is 2.23. The van der Waals surface area contributed by atoms with E-state index in [9.17, 15) is 9.50 Å². The SMILES string of the molecule is CC(NCC(C)(C)O)c1ccc(F)cc1Cl. The van der Waals surface area contributed by atoms with Crippen LogP contribution in [0.1, 0.15) is 32.4 Å². The summed E-state index contributed by atoms with van der Waals surface area (Å²) in [7, 11) is 0. The second-order valence-corrected chi connectivity index (χ2v) is 4.99. The van der Waals surface area contributed by atoms with E-state index in [1.807, 2.05) is 6.92 Å². The zero-order chi connectivity index (χ0) is 12.3. The van der Waals surface area contributed by atoms with Gasteiger partial charge in [-0.1, -0.05) is 17.7 Å². The van der Waals surface area contributed by atoms with E-state index in [0.717, 1.165) is 5.56 Å². The molecule has 1 unspecified atom stereocenters. The molecule has 0 fully saturated rings. The second kappa shape index (κ2) is 5.13. The normalized spacial score (nSPS) is 13.9. The van der Waals surface area contributed by atoms with Gasteiger partial charge in [-0.05, 0) is 38.5 Å². The molecule has 1 aromatic rings. The molecule has 0 aliphatic rings. The summed E-state index contributed by atoms with van der Waals surface area (Å²) >= 11 is 5.93. The highest BCUT2D eigenvalue weighted by Gasteiger charge is 2.16. The van der Waals surface area contributed by atoms with Crippen molar-refractivity contribution in [3.8, 4) is 0 Å². The van der Waals surface area contributed by atoms with Crippen LogP contribution in [0, 0.1) is 5.82 Å². The Morgan fingerprint density at radius 3 is 2.62 bits per heavy atom. The standard InChI is InChI=1S/C12H17ClFNO/c1-8(15-7-12(2,3)16)10-5-4-9(14)6-11(10)13/h4-6,8,15-16H,7H2,1-3H3. The molecule has 0 bridgehead atoms. The molecule has 0 saturated carbocycles. The molecule has 16 heavy (non-hydrogen) atoms. The Balaban J connectivity index is 2.70. The number of hydrogen-bond donors (Lipinski definition) is 2. The molecular weight excluding hydrogens is 229 g/mol. The molecule has 0 aliphatic carbocycles. The molecule has 0 aromatic heterocycles. The third-order valence-corrected chi connectivity index (χ3v) is 2.60. The average molecular weight is 246 g/mol. The zero-order valence-electron chi connectivity index (χ0n) is 9.72. The van der Waals surface area contributed by atoms with Crippen molar-refractivity contribution in [1.29, 1.82) is 0 Å². The first-order valence-electron chi connectivity index (χ1n) is 5.20. The van der Waals surface area contributed by atoms with Crippen LogP contribution < -0.4 is 5.32 Å². The molecule has 0 amide bonds. The molecular formula is C12H17ClFNO. The first kappa shape index (κ1) is 13.4. The molecule has 4 heteroatoms. The number of rotatable bonds is 4. The predicted molar refractivity (Wildman–Crippen MR) is 64.1 cm³/mol. The third kappa shape index (κ3) is 4.08. The lowest BCUT2D eigenvalue weighted by atomic mass is 10.1. The lowest BCUT2D eigenvalue weighted by Gasteiger charge is -2.22. The molecule has 2 nitrogen and oxygen atoms in total. The quantitative estimate of drug-likeness (QED) is 0.855. The van der Waals surface area contributed by atoms with Gasteiger partial charge in [0.15, 0.2) is 0 Å². The highest BCUT2D eigenvalue weighted by molar-refractivity contribution is 6.31. The smallest absolute Gasteiger partial charge is 0.124 e. The number of benzene rings is 1. The number of nitrogens with one attached hydrogen (secondary N) is 1. The van der Waals surface area contributed by atoms with Gasteiger partial charge in [-0.25, -0.2) is 4.39 Å². The fourth-order valence-corrected chi connectivity index (χ4v) is 1.70. The first-order chi connectivity index (χ1) is 7.29. The molecule has 0 saturated heterocycles. The molecule has 0 heterocycles. The minimum Gasteiger partial charge on any atom is -0.389 e. The summed E-state index contributed by atoms with van der Waals surface area (Å²) in [6, 6.07) is 4.29. The Labute approximate surface area is 100 Å². The van der Waals surface area contributed by atoms with Gasteiger partial charge < -0.3 is 10.4 Å². The van der Waals surface area contributed by atoms with Crippen LogP contribution in [0.2, 0.25) is 5.02 Å². The van der Waals surface area contributed by atoms with Crippen molar-refractivity contribution < 1.29 is 9.50 Å². The monoisotopic (exact) mass is 245 g/mol. The summed E-state index contributed by atoms with van der Waals surface area (Å²) in [4.78, 5) is 0. The number of aliphatic hydroxyl groups is 1. The van der Waals surface area contributed by atoms with E-state index in [0.29, 0.717) is 11.6 Å². The molecule has 0 radical (unpaired) electrons. The van der Waals surface area contributed by atoms with Crippen LogP contribution in [0.15, 0.2) is 18.2 Å². The van der Waals surface area contributed by atoms with Gasteiger partial charge in [0.1, 0.15) is 5.82 Å². The van der Waals surface area contributed by atoms with Crippen LogP contribution in [-0.4, -0.2) is 17.3 Å². The summed E-state index contributed by atoms with van der Waals surface area (Å²) in [5, 5.41) is 13.1. The summed E-state index contributed by atoms with van der Waals surface area (Å²) in [5.41, 5.74) is 0.0492. The van der Waals surface area contributed by atoms with Gasteiger partial charge in [-0.2, -0.15) is 0 Å². The highest BCUT2D eigenvalue weighted by atomic mass is 35.5. The Hall–Kier alpha value is -0.640. The van der Waals surface area contributed by atoms with E-state index in [2.05, 4.69) is 5.32 Å². The number of hydrogen-bond acceptors (Lipinski definition) is 2. The first-order valence-corrected chi connectivity index (χ1v) is 5.58. The van der Waals surface area contributed by atoms with Crippen molar-refractivity contribution in [3.05, 3.63) is 34.6 Å². The van der Waals surface area contributed by atoms with E-state index in [-0.39, 0.29) is 11.9 Å². The summed E-state index contributed by atoms with van der Waals surface area (Å²) in [6.45, 7) is 5.81. The van der Waals surface area contributed by atoms with Crippen molar-refractivity contribution in [1.82, 2.24) is 5.32 Å². The lowest BCUT2D eigenvalue weighted by molar-refractivity contribution is 0.0770. The van der Waals surface area contributed by atoms with E-state index < -0.39 is 5.60 Å². The summed E-state index contributed by atoms with van der Waals surface area (Å²) in [6.07, 6.45) is 0. The Morgan fingerprint density at radius 2 is 2.12 bits per heavy atom. The zero-order valence-corrected chi connectivity index (χ0v) is 10.5. The second-order valence-electron chi connectivity index (χ2n) is 4.58. The van der Waals surface area contributed by atoms with E-state index in [1.165, 1.54) is 12.1 Å². The maximum Gasteiger partial charge on any atom is 0.124 e. The van der Waals surface area contributed by atoms with Crippen LogP contribution in [-0.2, 0) is 0 Å². The average Bonchev–Trinajstić information content (AvgIpc) is 2.13. The van der Waals surface area contributed by atoms with E-state index in [1.54, 1.807) is 19.9 Å². The van der Waals surface area contributed by atoms with Gasteiger partial charge in [0.05, 0.1) is 5.60 Å². The van der Waals surface area contributed by atoms with Crippen LogP contribution in [0.4, 0.5) is 4.39 Å². The van der Waals surface area contributed by atoms with Gasteiger partial charge in [-0.15, -0.1) is 0 Å². The fourth-order valence-electron chi connectivity index (χ4n) is 1.37. The molecule has 1 rings (SSSR count). The lowest BCUT2D eigenvalue weighted by Crippen LogP contribution is -2.36. The Bertz CT molecular complexity index is 363. The van der Waals surface area contributed by atoms with Crippen LogP contribution in [0.25, 0.3) is 0 Å². The Morgan fingerprint density at radius 1 is 1.50 bits per heavy atom. The van der Waals surface area contributed by atoms with Crippen molar-refractivity contribution in [3.63, 3.8) is 0 Å². The molecule has 0 aliphatic heterocycles. The molecule has 0 spiro atoms. The number of halogens is 2. The third-order valence-electron chi connectivity index (χ3n) is 2.27. The van der Waals surface area contributed by atoms with Crippen LogP contribution in [0.3, 0.4) is 0 Å². The Kier molecular flexibility index (Phi) is 4.30. The molecule has 1 aromatic carbocycles. The van der Waals surface area contributed by atoms with Gasteiger partial charge >= 0.3 is 0 Å². The van der Waals surface area contributed by atoms with Crippen LogP contribution in [0.5, 0.6) is 0 Å². The molecule has 1 atom stereocenters. The van der Waals surface area contributed by atoms with E-state index in [4.69, 9.17) is 11.6 Å². The van der Waals surface area contributed by atoms with Gasteiger partial charge in [0.2, 0.25) is 0 Å². The topological polar surface area (TPSA) is 32.3 Å². The van der Waals surface area contributed by atoms with E-state index >= 15 is 0 Å². The van der Waals surface area contributed by atoms with Gasteiger partial charge in [-0.3, -0.25) is 0 Å². The maximum atomic E-state index is 12.8. The fraction of sp³-hybridized carbons (Fsp3) is 0.500. The minimum atomic E-state index is -0.777. The maximum absolute atomic E-state index is 12.8. The summed E-state index contributed by atoms with van der Waals surface area (Å²) in [5.74, 6) is -0.344. The van der Waals surface area contributed by atoms with Crippen molar-refractivity contribution in [2.75, 3.05) is 6.54 Å². The van der Waals surface area contributed by atoms with Crippen molar-refractivity contribution in [2.24, 2.45) is 0 Å². The van der Waals surface area contributed by atoms with Gasteiger partial charge in [0, 0.05) is 17.6 Å². The van der Waals surface area contributed by atoms with Crippen LogP contribution >= 0.6 is 11.6 Å². The van der Waals surface area contributed by atoms with Gasteiger partial charge in [0.25, 0.3) is 0 Å². The minimum absolute atomic E-state index is 0.0282. The van der Waals surface area contributed by atoms with Crippen molar-refractivity contribution >= 4 is 11.6 Å². The predicted octanol–water partition coefficient (Wildman–Crippen LogP) is 2.90. The largest absolute Gasteiger partial charge is 0.389 e. The molecule has 2 N–H and O–H groups in total. The molecule has 90 valence electrons. The summed E-state index contributed by atoms with van der Waals surface area (Å²) < 4.78 is 12.8. The van der Waals surface area contributed by atoms with Crippen molar-refractivity contribution in [2.45, 2.75) is 32.4 Å².